The van der Waals surface area contributed by atoms with Gasteiger partial charge in [-0.2, -0.15) is 0 Å². The monoisotopic (exact) mass is 229 g/mol. The Bertz CT molecular complexity index is 552. The number of hydrogen-bond donors (Lipinski definition) is 1. The van der Waals surface area contributed by atoms with Gasteiger partial charge in [-0.3, -0.25) is 4.98 Å². The van der Waals surface area contributed by atoms with E-state index in [4.69, 9.17) is 9.84 Å². The molecule has 4 nitrogen and oxygen atoms in total. The summed E-state index contributed by atoms with van der Waals surface area (Å²) in [7, 11) is 1.56. The molecule has 0 saturated heterocycles. The molecule has 0 saturated carbocycles. The molecule has 0 spiro atoms. The second-order valence-electron chi connectivity index (χ2n) is 3.43. The highest BCUT2D eigenvalue weighted by molar-refractivity contribution is 5.96. The van der Waals surface area contributed by atoms with E-state index < -0.39 is 5.97 Å². The molecule has 0 amide bonds. The number of carboxylic acid groups (broad SMARTS) is 1. The molecule has 0 radical (unpaired) electrons. The maximum absolute atomic E-state index is 11.1. The van der Waals surface area contributed by atoms with Crippen molar-refractivity contribution in [1.29, 1.82) is 0 Å². The lowest BCUT2D eigenvalue weighted by atomic mass is 10.0. The minimum atomic E-state index is -1.00. The van der Waals surface area contributed by atoms with Crippen LogP contribution < -0.4 is 4.74 Å². The highest BCUT2D eigenvalue weighted by Gasteiger charge is 2.14. The third-order valence-electron chi connectivity index (χ3n) is 2.45. The predicted molar refractivity (Wildman–Crippen MR) is 63.2 cm³/mol. The Morgan fingerprint density at radius 3 is 2.71 bits per heavy atom. The molecule has 2 rings (SSSR count). The molecule has 0 aliphatic heterocycles. The number of ether oxygens (including phenoxy) is 1. The van der Waals surface area contributed by atoms with Gasteiger partial charge in [-0.1, -0.05) is 18.2 Å². The number of methoxy groups -OCH3 is 1. The first kappa shape index (κ1) is 11.1. The van der Waals surface area contributed by atoms with Gasteiger partial charge in [0.1, 0.15) is 5.75 Å². The SMILES string of the molecule is COc1ccccc1-c1ccncc1C(=O)O. The van der Waals surface area contributed by atoms with Crippen molar-refractivity contribution in [1.82, 2.24) is 4.98 Å². The van der Waals surface area contributed by atoms with E-state index in [1.54, 1.807) is 25.4 Å². The van der Waals surface area contributed by atoms with E-state index in [-0.39, 0.29) is 5.56 Å². The van der Waals surface area contributed by atoms with Crippen molar-refractivity contribution in [3.05, 3.63) is 48.3 Å². The average Bonchev–Trinajstić information content (AvgIpc) is 2.38. The number of aromatic carboxylic acids is 1. The van der Waals surface area contributed by atoms with Gasteiger partial charge in [-0.25, -0.2) is 4.79 Å². The quantitative estimate of drug-likeness (QED) is 0.878. The van der Waals surface area contributed by atoms with Crippen molar-refractivity contribution < 1.29 is 14.6 Å². The van der Waals surface area contributed by atoms with Crippen LogP contribution in [0.3, 0.4) is 0 Å². The normalized spacial score (nSPS) is 9.94. The fourth-order valence-electron chi connectivity index (χ4n) is 1.67. The Kier molecular flexibility index (Phi) is 3.05. The zero-order valence-electron chi connectivity index (χ0n) is 9.25. The van der Waals surface area contributed by atoms with Crippen molar-refractivity contribution in [2.45, 2.75) is 0 Å². The molecule has 0 unspecified atom stereocenters. The van der Waals surface area contributed by atoms with Crippen LogP contribution in [0.5, 0.6) is 5.75 Å². The van der Waals surface area contributed by atoms with Gasteiger partial charge < -0.3 is 9.84 Å². The lowest BCUT2D eigenvalue weighted by Crippen LogP contribution is -2.01. The number of aromatic nitrogens is 1. The molecule has 0 fully saturated rings. The number of hydrogen-bond acceptors (Lipinski definition) is 3. The Balaban J connectivity index is 2.64. The predicted octanol–water partition coefficient (Wildman–Crippen LogP) is 2.46. The summed E-state index contributed by atoms with van der Waals surface area (Å²) in [6.45, 7) is 0. The highest BCUT2D eigenvalue weighted by Crippen LogP contribution is 2.31. The third kappa shape index (κ3) is 2.10. The van der Waals surface area contributed by atoms with Crippen LogP contribution in [-0.2, 0) is 0 Å². The van der Waals surface area contributed by atoms with Crippen molar-refractivity contribution in [2.75, 3.05) is 7.11 Å². The summed E-state index contributed by atoms with van der Waals surface area (Å²) in [5, 5.41) is 9.11. The second kappa shape index (κ2) is 4.65. The fourth-order valence-corrected chi connectivity index (χ4v) is 1.67. The first-order valence-corrected chi connectivity index (χ1v) is 5.04. The van der Waals surface area contributed by atoms with Crippen LogP contribution in [0, 0.1) is 0 Å². The summed E-state index contributed by atoms with van der Waals surface area (Å²) in [5.74, 6) is -0.361. The van der Waals surface area contributed by atoms with Gasteiger partial charge in [-0.15, -0.1) is 0 Å². The first-order valence-electron chi connectivity index (χ1n) is 5.04. The molecule has 86 valence electrons. The molecule has 2 aromatic rings. The molecule has 0 aliphatic rings. The van der Waals surface area contributed by atoms with E-state index in [1.165, 1.54) is 6.20 Å². The van der Waals surface area contributed by atoms with Gasteiger partial charge in [0.05, 0.1) is 12.7 Å². The van der Waals surface area contributed by atoms with E-state index in [0.717, 1.165) is 5.56 Å². The number of carbonyl (C=O) groups is 1. The van der Waals surface area contributed by atoms with E-state index in [2.05, 4.69) is 4.98 Å². The van der Waals surface area contributed by atoms with Gasteiger partial charge in [0.15, 0.2) is 0 Å². The molecular weight excluding hydrogens is 218 g/mol. The standard InChI is InChI=1S/C13H11NO3/c1-17-12-5-3-2-4-10(12)9-6-7-14-8-11(9)13(15)16/h2-8H,1H3,(H,15,16). The van der Waals surface area contributed by atoms with Gasteiger partial charge in [-0.05, 0) is 12.1 Å². The summed E-state index contributed by atoms with van der Waals surface area (Å²) >= 11 is 0. The van der Waals surface area contributed by atoms with Crippen molar-refractivity contribution >= 4 is 5.97 Å². The highest BCUT2D eigenvalue weighted by atomic mass is 16.5. The van der Waals surface area contributed by atoms with Crippen molar-refractivity contribution in [3.63, 3.8) is 0 Å². The zero-order valence-corrected chi connectivity index (χ0v) is 9.25. The number of pyridine rings is 1. The molecule has 0 aliphatic carbocycles. The Morgan fingerprint density at radius 1 is 1.24 bits per heavy atom. The van der Waals surface area contributed by atoms with E-state index in [1.807, 2.05) is 18.2 Å². The Hall–Kier alpha value is -2.36. The van der Waals surface area contributed by atoms with E-state index >= 15 is 0 Å². The largest absolute Gasteiger partial charge is 0.496 e. The second-order valence-corrected chi connectivity index (χ2v) is 3.43. The van der Waals surface area contributed by atoms with Gasteiger partial charge >= 0.3 is 5.97 Å². The summed E-state index contributed by atoms with van der Waals surface area (Å²) in [6.07, 6.45) is 2.90. The molecule has 0 bridgehead atoms. The third-order valence-corrected chi connectivity index (χ3v) is 2.45. The first-order chi connectivity index (χ1) is 8.24. The molecule has 1 aromatic heterocycles. The van der Waals surface area contributed by atoms with E-state index in [9.17, 15) is 4.79 Å². The Morgan fingerprint density at radius 2 is 2.00 bits per heavy atom. The van der Waals surface area contributed by atoms with Crippen molar-refractivity contribution in [3.8, 4) is 16.9 Å². The maximum Gasteiger partial charge on any atom is 0.337 e. The summed E-state index contributed by atoms with van der Waals surface area (Å²) in [6, 6.07) is 8.96. The minimum absolute atomic E-state index is 0.164. The molecule has 4 heteroatoms. The van der Waals surface area contributed by atoms with Gasteiger partial charge in [0, 0.05) is 23.5 Å². The van der Waals surface area contributed by atoms with Crippen LogP contribution in [0.1, 0.15) is 10.4 Å². The lowest BCUT2D eigenvalue weighted by Gasteiger charge is -2.10. The Labute approximate surface area is 98.5 Å². The molecule has 1 N–H and O–H groups in total. The molecule has 17 heavy (non-hydrogen) atoms. The van der Waals surface area contributed by atoms with Crippen molar-refractivity contribution in [2.24, 2.45) is 0 Å². The van der Waals surface area contributed by atoms with Crippen LogP contribution in [0.15, 0.2) is 42.7 Å². The maximum atomic E-state index is 11.1. The molecule has 1 aromatic carbocycles. The minimum Gasteiger partial charge on any atom is -0.496 e. The number of para-hydroxylation sites is 1. The van der Waals surface area contributed by atoms with Crippen LogP contribution in [0.25, 0.3) is 11.1 Å². The van der Waals surface area contributed by atoms with E-state index in [0.29, 0.717) is 11.3 Å². The van der Waals surface area contributed by atoms with Crippen LogP contribution in [-0.4, -0.2) is 23.2 Å². The molecule has 1 heterocycles. The number of carboxylic acids is 1. The van der Waals surface area contributed by atoms with Gasteiger partial charge in [0.2, 0.25) is 0 Å². The van der Waals surface area contributed by atoms with Gasteiger partial charge in [0.25, 0.3) is 0 Å². The zero-order chi connectivity index (χ0) is 12.3. The van der Waals surface area contributed by atoms with Crippen LogP contribution in [0.2, 0.25) is 0 Å². The molecule has 0 atom stereocenters. The molecular formula is C13H11NO3. The fraction of sp³-hybridized carbons (Fsp3) is 0.0769. The number of nitrogens with zero attached hydrogens (tertiary/aromatic N) is 1. The number of benzene rings is 1. The van der Waals surface area contributed by atoms with Crippen LogP contribution in [0.4, 0.5) is 0 Å². The smallest absolute Gasteiger partial charge is 0.337 e. The lowest BCUT2D eigenvalue weighted by molar-refractivity contribution is 0.0697. The summed E-state index contributed by atoms with van der Waals surface area (Å²) in [5.41, 5.74) is 1.51. The number of rotatable bonds is 3. The summed E-state index contributed by atoms with van der Waals surface area (Å²) in [4.78, 5) is 14.9. The topological polar surface area (TPSA) is 59.4 Å². The van der Waals surface area contributed by atoms with Crippen LogP contribution >= 0.6 is 0 Å². The average molecular weight is 229 g/mol. The summed E-state index contributed by atoms with van der Waals surface area (Å²) < 4.78 is 5.22.